The Balaban J connectivity index is 1.77. The van der Waals surface area contributed by atoms with Crippen LogP contribution in [-0.4, -0.2) is 45.3 Å². The summed E-state index contributed by atoms with van der Waals surface area (Å²) in [5, 5.41) is 2.79. The Morgan fingerprint density at radius 1 is 1.18 bits per heavy atom. The fourth-order valence-corrected chi connectivity index (χ4v) is 4.06. The van der Waals surface area contributed by atoms with Crippen LogP contribution < -0.4 is 10.0 Å². The van der Waals surface area contributed by atoms with Crippen molar-refractivity contribution < 1.29 is 22.7 Å². The Morgan fingerprint density at radius 3 is 2.61 bits per heavy atom. The average molecular weight is 410 g/mol. The molecule has 0 fully saturated rings. The van der Waals surface area contributed by atoms with Crippen LogP contribution in [0, 0.1) is 5.92 Å². The molecule has 154 valence electrons. The summed E-state index contributed by atoms with van der Waals surface area (Å²) in [6.45, 7) is 5.45. The first-order chi connectivity index (χ1) is 13.2. The maximum absolute atomic E-state index is 12.0. The predicted molar refractivity (Wildman–Crippen MR) is 105 cm³/mol. The number of hydrogen-bond acceptors (Lipinski definition) is 6. The molecule has 8 nitrogen and oxygen atoms in total. The molecule has 0 aromatic heterocycles. The molecule has 0 aliphatic carbocycles. The summed E-state index contributed by atoms with van der Waals surface area (Å²) in [6.07, 6.45) is 2.99. The lowest BCUT2D eigenvalue weighted by Crippen LogP contribution is -2.36. The number of carbonyl (C=O) groups is 2. The maximum atomic E-state index is 12.0. The summed E-state index contributed by atoms with van der Waals surface area (Å²) < 4.78 is 31.2. The zero-order valence-corrected chi connectivity index (χ0v) is 17.2. The highest BCUT2D eigenvalue weighted by Crippen LogP contribution is 2.22. The quantitative estimate of drug-likeness (QED) is 0.601. The molecule has 2 N–H and O–H groups in total. The van der Waals surface area contributed by atoms with Gasteiger partial charge >= 0.3 is 5.97 Å². The number of hydrogen-bond donors (Lipinski definition) is 2. The standard InChI is InChI=1S/C19H27N3O5S/c1-13(2)7-6-8-14(3)21-17(23)12-27-18(24)11-20-19-15-9-4-5-10-16(15)28(25,26)22-19/h4-5,9-10,13-14H,6-8,11-12H2,1-3H3,(H,20,22)(H,21,23)/t14-/m0/s1. The number of amides is 1. The number of ether oxygens (including phenoxy) is 1. The molecule has 1 amide bonds. The number of aliphatic imine (C=N–C) groups is 1. The van der Waals surface area contributed by atoms with Crippen molar-refractivity contribution in [3.8, 4) is 0 Å². The summed E-state index contributed by atoms with van der Waals surface area (Å²) in [5.41, 5.74) is 0.406. The van der Waals surface area contributed by atoms with E-state index in [0.29, 0.717) is 11.5 Å². The minimum absolute atomic E-state index is 0.00888. The average Bonchev–Trinajstić information content (AvgIpc) is 2.89. The van der Waals surface area contributed by atoms with Crippen molar-refractivity contribution in [3.05, 3.63) is 29.8 Å². The Morgan fingerprint density at radius 2 is 1.89 bits per heavy atom. The van der Waals surface area contributed by atoms with Crippen molar-refractivity contribution in [3.63, 3.8) is 0 Å². The van der Waals surface area contributed by atoms with E-state index in [1.807, 2.05) is 6.92 Å². The molecule has 1 aromatic carbocycles. The highest BCUT2D eigenvalue weighted by Gasteiger charge is 2.30. The molecule has 1 aromatic rings. The SMILES string of the molecule is CC(C)CCC[C@H](C)NC(=O)COC(=O)CN=C1NS(=O)(=O)c2ccccc21. The van der Waals surface area contributed by atoms with Crippen molar-refractivity contribution in [2.24, 2.45) is 10.9 Å². The van der Waals surface area contributed by atoms with E-state index < -0.39 is 16.0 Å². The first-order valence-electron chi connectivity index (χ1n) is 9.30. The van der Waals surface area contributed by atoms with E-state index >= 15 is 0 Å². The van der Waals surface area contributed by atoms with Crippen LogP contribution >= 0.6 is 0 Å². The van der Waals surface area contributed by atoms with Crippen molar-refractivity contribution in [1.82, 2.24) is 10.0 Å². The summed E-state index contributed by atoms with van der Waals surface area (Å²) in [7, 11) is -3.65. The third kappa shape index (κ3) is 6.33. The molecular formula is C19H27N3O5S. The van der Waals surface area contributed by atoms with E-state index in [9.17, 15) is 18.0 Å². The van der Waals surface area contributed by atoms with Crippen LogP contribution in [-0.2, 0) is 24.3 Å². The minimum Gasteiger partial charge on any atom is -0.454 e. The Bertz CT molecular complexity index is 849. The van der Waals surface area contributed by atoms with Crippen LogP contribution in [0.1, 0.15) is 45.6 Å². The van der Waals surface area contributed by atoms with Gasteiger partial charge in [0.1, 0.15) is 12.4 Å². The molecule has 0 bridgehead atoms. The molecule has 2 rings (SSSR count). The van der Waals surface area contributed by atoms with Gasteiger partial charge in [-0.2, -0.15) is 0 Å². The molecule has 1 heterocycles. The molecule has 0 saturated heterocycles. The fraction of sp³-hybridized carbons (Fsp3) is 0.526. The zero-order chi connectivity index (χ0) is 20.7. The molecule has 0 saturated carbocycles. The molecule has 28 heavy (non-hydrogen) atoms. The monoisotopic (exact) mass is 409 g/mol. The van der Waals surface area contributed by atoms with Crippen LogP contribution in [0.3, 0.4) is 0 Å². The number of amidine groups is 1. The molecular weight excluding hydrogens is 382 g/mol. The first kappa shape index (κ1) is 21.9. The van der Waals surface area contributed by atoms with Gasteiger partial charge in [0.25, 0.3) is 15.9 Å². The smallest absolute Gasteiger partial charge is 0.328 e. The number of fused-ring (bicyclic) bond motifs is 1. The lowest BCUT2D eigenvalue weighted by Gasteiger charge is -2.14. The van der Waals surface area contributed by atoms with Gasteiger partial charge in [0.05, 0.1) is 4.90 Å². The molecule has 1 aliphatic heterocycles. The fourth-order valence-electron chi connectivity index (χ4n) is 2.81. The van der Waals surface area contributed by atoms with Crippen molar-refractivity contribution in [2.45, 2.75) is 51.0 Å². The van der Waals surface area contributed by atoms with Crippen LogP contribution in [0.2, 0.25) is 0 Å². The second-order valence-electron chi connectivity index (χ2n) is 7.22. The van der Waals surface area contributed by atoms with Gasteiger partial charge < -0.3 is 10.1 Å². The lowest BCUT2D eigenvalue weighted by molar-refractivity contribution is -0.147. The van der Waals surface area contributed by atoms with E-state index in [4.69, 9.17) is 4.74 Å². The Kier molecular flexibility index (Phi) is 7.56. The Hall–Kier alpha value is -2.42. The summed E-state index contributed by atoms with van der Waals surface area (Å²) in [4.78, 5) is 27.8. The van der Waals surface area contributed by atoms with Gasteiger partial charge in [-0.3, -0.25) is 19.3 Å². The van der Waals surface area contributed by atoms with Crippen LogP contribution in [0.4, 0.5) is 0 Å². The van der Waals surface area contributed by atoms with Gasteiger partial charge in [-0.1, -0.05) is 38.8 Å². The number of rotatable bonds is 9. The highest BCUT2D eigenvalue weighted by atomic mass is 32.2. The largest absolute Gasteiger partial charge is 0.454 e. The normalized spacial score (nSPS) is 17.1. The summed E-state index contributed by atoms with van der Waals surface area (Å²) in [5.74, 6) is -0.360. The van der Waals surface area contributed by atoms with Crippen LogP contribution in [0.25, 0.3) is 0 Å². The maximum Gasteiger partial charge on any atom is 0.328 e. The van der Waals surface area contributed by atoms with Crippen molar-refractivity contribution >= 4 is 27.7 Å². The van der Waals surface area contributed by atoms with Gasteiger partial charge in [0.15, 0.2) is 6.61 Å². The van der Waals surface area contributed by atoms with Gasteiger partial charge in [-0.25, -0.2) is 8.42 Å². The van der Waals surface area contributed by atoms with Crippen molar-refractivity contribution in [2.75, 3.05) is 13.2 Å². The molecule has 0 radical (unpaired) electrons. The number of sulfonamides is 1. The van der Waals surface area contributed by atoms with Crippen LogP contribution in [0.15, 0.2) is 34.2 Å². The third-order valence-electron chi connectivity index (χ3n) is 4.22. The topological polar surface area (TPSA) is 114 Å². The second kappa shape index (κ2) is 9.68. The van der Waals surface area contributed by atoms with E-state index in [1.165, 1.54) is 6.07 Å². The van der Waals surface area contributed by atoms with Crippen LogP contribution in [0.5, 0.6) is 0 Å². The summed E-state index contributed by atoms with van der Waals surface area (Å²) in [6, 6.07) is 6.37. The number of esters is 1. The van der Waals surface area contributed by atoms with E-state index in [2.05, 4.69) is 28.9 Å². The van der Waals surface area contributed by atoms with E-state index in [1.54, 1.807) is 18.2 Å². The number of carbonyl (C=O) groups excluding carboxylic acids is 2. The zero-order valence-electron chi connectivity index (χ0n) is 16.4. The molecule has 0 spiro atoms. The second-order valence-corrected chi connectivity index (χ2v) is 8.87. The van der Waals surface area contributed by atoms with Gasteiger partial charge in [-0.05, 0) is 31.4 Å². The van der Waals surface area contributed by atoms with Gasteiger partial charge in [0, 0.05) is 11.6 Å². The number of benzene rings is 1. The van der Waals surface area contributed by atoms with Crippen molar-refractivity contribution in [1.29, 1.82) is 0 Å². The number of nitrogens with one attached hydrogen (secondary N) is 2. The van der Waals surface area contributed by atoms with E-state index in [0.717, 1.165) is 19.3 Å². The van der Waals surface area contributed by atoms with Gasteiger partial charge in [0.2, 0.25) is 0 Å². The van der Waals surface area contributed by atoms with Gasteiger partial charge in [-0.15, -0.1) is 0 Å². The summed E-state index contributed by atoms with van der Waals surface area (Å²) >= 11 is 0. The molecule has 9 heteroatoms. The first-order valence-corrected chi connectivity index (χ1v) is 10.8. The minimum atomic E-state index is -3.65. The third-order valence-corrected chi connectivity index (χ3v) is 5.62. The van der Waals surface area contributed by atoms with E-state index in [-0.39, 0.29) is 35.8 Å². The molecule has 0 unspecified atom stereocenters. The predicted octanol–water partition coefficient (Wildman–Crippen LogP) is 1.60. The number of nitrogens with zero attached hydrogens (tertiary/aromatic N) is 1. The highest BCUT2D eigenvalue weighted by molar-refractivity contribution is 7.90. The Labute approximate surface area is 165 Å². The molecule has 1 aliphatic rings. The molecule has 1 atom stereocenters. The lowest BCUT2D eigenvalue weighted by atomic mass is 10.0.